The molecule has 3 unspecified atom stereocenters. The minimum absolute atomic E-state index is 0.0671. The number of phenols is 1. The highest BCUT2D eigenvalue weighted by Crippen LogP contribution is 2.56. The van der Waals surface area contributed by atoms with Crippen LogP contribution in [0.4, 0.5) is 0 Å². The molecule has 2 N–H and O–H groups in total. The Labute approximate surface area is 196 Å². The number of fused-ring (bicyclic) bond motifs is 1. The van der Waals surface area contributed by atoms with Gasteiger partial charge in [-0.2, -0.15) is 0 Å². The minimum atomic E-state index is -1.11. The fraction of sp³-hybridized carbons (Fsp3) is 0.429. The van der Waals surface area contributed by atoms with Gasteiger partial charge in [0.15, 0.2) is 0 Å². The van der Waals surface area contributed by atoms with Gasteiger partial charge in [0.25, 0.3) is 0 Å². The molecular weight excluding hydrogens is 412 g/mol. The average molecular weight is 447 g/mol. The molecule has 174 valence electrons. The number of carbonyl (C=O) groups is 1. The van der Waals surface area contributed by atoms with Crippen LogP contribution in [-0.2, 0) is 0 Å². The zero-order chi connectivity index (χ0) is 23.8. The van der Waals surface area contributed by atoms with E-state index in [1.165, 1.54) is 37.0 Å². The van der Waals surface area contributed by atoms with Crippen molar-refractivity contribution in [1.82, 2.24) is 4.90 Å². The van der Waals surface area contributed by atoms with E-state index in [1.807, 2.05) is 0 Å². The summed E-state index contributed by atoms with van der Waals surface area (Å²) in [5.74, 6) is -0.711. The Kier molecular flexibility index (Phi) is 6.33. The number of carboxylic acids is 1. The fourth-order valence-electron chi connectivity index (χ4n) is 5.66. The summed E-state index contributed by atoms with van der Waals surface area (Å²) in [6, 6.07) is 6.43. The first-order valence-electron chi connectivity index (χ1n) is 11.8. The summed E-state index contributed by atoms with van der Waals surface area (Å²) in [5, 5.41) is 17.3. The number of likely N-dealkylation sites (tertiary alicyclic amines) is 1. The number of hydrogen-bond donors (Lipinski definition) is 2. The fourth-order valence-corrected chi connectivity index (χ4v) is 5.66. The molecule has 5 bridgehead atoms. The third-order valence-corrected chi connectivity index (χ3v) is 7.63. The second-order valence-electron chi connectivity index (χ2n) is 9.81. The first-order chi connectivity index (χ1) is 15.7. The van der Waals surface area contributed by atoms with Gasteiger partial charge in [0.05, 0.1) is 6.54 Å². The van der Waals surface area contributed by atoms with Crippen LogP contribution in [0.5, 0.6) is 5.75 Å². The highest BCUT2D eigenvalue weighted by atomic mass is 16.4. The molecule has 5 rings (SSSR count). The molecule has 2 heterocycles. The van der Waals surface area contributed by atoms with Crippen LogP contribution in [0, 0.1) is 11.3 Å². The first kappa shape index (κ1) is 23.1. The molecule has 0 spiro atoms. The minimum Gasteiger partial charge on any atom is -0.507 e. The quantitative estimate of drug-likeness (QED) is 0.579. The van der Waals surface area contributed by atoms with Crippen molar-refractivity contribution >= 4 is 12.2 Å². The Morgan fingerprint density at radius 3 is 2.70 bits per heavy atom. The SMILES string of the molecule is CC(C)=CCN1C2=C3CC1C(C)C1(C)C=NCC=CC3=C1CC2.O=C(O)c1ccccc1O. The van der Waals surface area contributed by atoms with Crippen molar-refractivity contribution in [3.63, 3.8) is 0 Å². The number of aromatic carboxylic acids is 1. The third-order valence-electron chi connectivity index (χ3n) is 7.63. The van der Waals surface area contributed by atoms with Gasteiger partial charge in [-0.05, 0) is 62.3 Å². The van der Waals surface area contributed by atoms with Crippen LogP contribution in [0.15, 0.2) is 75.5 Å². The Hall–Kier alpha value is -3.08. The number of benzene rings is 1. The molecule has 5 heteroatoms. The second-order valence-corrected chi connectivity index (χ2v) is 9.81. The van der Waals surface area contributed by atoms with E-state index in [1.54, 1.807) is 34.5 Å². The summed E-state index contributed by atoms with van der Waals surface area (Å²) in [6.45, 7) is 11.2. The Balaban J connectivity index is 0.000000219. The van der Waals surface area contributed by atoms with E-state index >= 15 is 0 Å². The molecule has 1 aromatic rings. The van der Waals surface area contributed by atoms with Crippen LogP contribution in [0.2, 0.25) is 0 Å². The molecule has 33 heavy (non-hydrogen) atoms. The predicted octanol–water partition coefficient (Wildman–Crippen LogP) is 5.76. The van der Waals surface area contributed by atoms with E-state index in [0.717, 1.165) is 13.1 Å². The molecule has 3 atom stereocenters. The summed E-state index contributed by atoms with van der Waals surface area (Å²) in [6.07, 6.45) is 12.9. The van der Waals surface area contributed by atoms with Crippen molar-refractivity contribution in [3.05, 3.63) is 76.0 Å². The van der Waals surface area contributed by atoms with Gasteiger partial charge in [-0.3, -0.25) is 4.99 Å². The van der Waals surface area contributed by atoms with Crippen molar-refractivity contribution in [2.24, 2.45) is 16.3 Å². The van der Waals surface area contributed by atoms with Crippen LogP contribution in [-0.4, -0.2) is 46.4 Å². The Bertz CT molecular complexity index is 1100. The number of carboxylic acid groups (broad SMARTS) is 1. The first-order valence-corrected chi connectivity index (χ1v) is 11.8. The number of para-hydroxylation sites is 1. The molecular formula is C28H34N2O3. The normalized spacial score (nSPS) is 27.0. The second kappa shape index (κ2) is 9.05. The van der Waals surface area contributed by atoms with Crippen LogP contribution in [0.1, 0.15) is 57.3 Å². The number of allylic oxidation sites excluding steroid dienone is 5. The lowest BCUT2D eigenvalue weighted by Crippen LogP contribution is -2.46. The number of hydrogen-bond acceptors (Lipinski definition) is 4. The highest BCUT2D eigenvalue weighted by molar-refractivity contribution is 5.90. The molecule has 0 amide bonds. The van der Waals surface area contributed by atoms with E-state index in [2.05, 4.69) is 57.0 Å². The molecule has 2 aliphatic heterocycles. The van der Waals surface area contributed by atoms with Crippen LogP contribution >= 0.6 is 0 Å². The summed E-state index contributed by atoms with van der Waals surface area (Å²) in [5.41, 5.74) is 7.93. The van der Waals surface area contributed by atoms with Crippen molar-refractivity contribution in [3.8, 4) is 5.75 Å². The summed E-state index contributed by atoms with van der Waals surface area (Å²) >= 11 is 0. The van der Waals surface area contributed by atoms with Gasteiger partial charge in [-0.1, -0.05) is 55.4 Å². The van der Waals surface area contributed by atoms with Crippen LogP contribution in [0.3, 0.4) is 0 Å². The lowest BCUT2D eigenvalue weighted by Gasteiger charge is -2.46. The molecule has 5 nitrogen and oxygen atoms in total. The lowest BCUT2D eigenvalue weighted by atomic mass is 9.66. The molecule has 0 saturated heterocycles. The monoisotopic (exact) mass is 446 g/mol. The van der Waals surface area contributed by atoms with E-state index in [0.29, 0.717) is 12.0 Å². The maximum atomic E-state index is 10.3. The van der Waals surface area contributed by atoms with E-state index in [4.69, 9.17) is 15.2 Å². The standard InChI is InChI=1S/C21H28N2.C7H6O3/c1-14(2)9-11-23-19-8-7-18-16-6-5-10-22-13-21(18,4)15(3)20(23)12-17(16)19;8-6-4-2-1-3-5(6)7(9)10/h5-6,9,13,15,20H,7-8,10-12H2,1-4H3;1-4,8H,(H,9,10). The smallest absolute Gasteiger partial charge is 0.339 e. The molecule has 0 radical (unpaired) electrons. The van der Waals surface area contributed by atoms with Gasteiger partial charge in [-0.25, -0.2) is 4.79 Å². The van der Waals surface area contributed by atoms with Gasteiger partial charge in [-0.15, -0.1) is 0 Å². The molecule has 0 aromatic heterocycles. The Morgan fingerprint density at radius 2 is 2.03 bits per heavy atom. The molecule has 2 aliphatic carbocycles. The van der Waals surface area contributed by atoms with Gasteiger partial charge < -0.3 is 15.1 Å². The number of nitrogens with zero attached hydrogens (tertiary/aromatic N) is 2. The van der Waals surface area contributed by atoms with Crippen LogP contribution < -0.4 is 0 Å². The Morgan fingerprint density at radius 1 is 1.27 bits per heavy atom. The summed E-state index contributed by atoms with van der Waals surface area (Å²) in [7, 11) is 0. The molecule has 0 fully saturated rings. The number of rotatable bonds is 3. The highest BCUT2D eigenvalue weighted by Gasteiger charge is 2.50. The van der Waals surface area contributed by atoms with E-state index in [-0.39, 0.29) is 16.7 Å². The molecule has 0 saturated carbocycles. The summed E-state index contributed by atoms with van der Waals surface area (Å²) < 4.78 is 0. The van der Waals surface area contributed by atoms with Crippen molar-refractivity contribution < 1.29 is 15.0 Å². The topological polar surface area (TPSA) is 73.1 Å². The maximum Gasteiger partial charge on any atom is 0.339 e. The van der Waals surface area contributed by atoms with Gasteiger partial charge in [0, 0.05) is 29.9 Å². The average Bonchev–Trinajstić information content (AvgIpc) is 3.11. The number of aromatic hydroxyl groups is 1. The zero-order valence-corrected chi connectivity index (χ0v) is 20.0. The van der Waals surface area contributed by atoms with Gasteiger partial charge in [0.1, 0.15) is 11.3 Å². The molecule has 1 aromatic carbocycles. The van der Waals surface area contributed by atoms with E-state index < -0.39 is 5.97 Å². The van der Waals surface area contributed by atoms with E-state index in [9.17, 15) is 4.79 Å². The lowest BCUT2D eigenvalue weighted by molar-refractivity contribution is 0.0693. The van der Waals surface area contributed by atoms with Gasteiger partial charge >= 0.3 is 5.97 Å². The van der Waals surface area contributed by atoms with Crippen molar-refractivity contribution in [1.29, 1.82) is 0 Å². The maximum absolute atomic E-state index is 10.3. The van der Waals surface area contributed by atoms with Crippen molar-refractivity contribution in [2.45, 2.75) is 53.0 Å². The number of aliphatic imine (C=N–C) groups is 1. The largest absolute Gasteiger partial charge is 0.507 e. The predicted molar refractivity (Wildman–Crippen MR) is 133 cm³/mol. The third kappa shape index (κ3) is 4.17. The zero-order valence-electron chi connectivity index (χ0n) is 20.0. The van der Waals surface area contributed by atoms with Gasteiger partial charge in [0.2, 0.25) is 0 Å². The summed E-state index contributed by atoms with van der Waals surface area (Å²) in [4.78, 5) is 17.7. The van der Waals surface area contributed by atoms with Crippen molar-refractivity contribution in [2.75, 3.05) is 13.1 Å². The molecule has 4 aliphatic rings. The van der Waals surface area contributed by atoms with Crippen LogP contribution in [0.25, 0.3) is 0 Å².